The summed E-state index contributed by atoms with van der Waals surface area (Å²) in [5.74, 6) is 0. The van der Waals surface area contributed by atoms with Gasteiger partial charge in [0, 0.05) is 13.1 Å². The molecule has 2 N–H and O–H groups in total. The van der Waals surface area contributed by atoms with Crippen molar-refractivity contribution in [1.29, 1.82) is 0 Å². The maximum absolute atomic E-state index is 4.97. The number of benzene rings is 2. The molecule has 2 aromatic rings. The maximum atomic E-state index is 4.97. The van der Waals surface area contributed by atoms with Crippen LogP contribution in [0.25, 0.3) is 0 Å². The van der Waals surface area contributed by atoms with Crippen molar-refractivity contribution in [3.63, 3.8) is 0 Å². The van der Waals surface area contributed by atoms with Gasteiger partial charge in [-0.1, -0.05) is 97.1 Å². The molecule has 180 valence electrons. The normalized spacial score (nSPS) is 22.1. The molecule has 0 amide bonds. The number of hydrogen-bond donors (Lipinski definition) is 2. The van der Waals surface area contributed by atoms with Gasteiger partial charge >= 0.3 is 0 Å². The molecule has 36 heavy (non-hydrogen) atoms. The van der Waals surface area contributed by atoms with Gasteiger partial charge < -0.3 is 10.6 Å². The second kappa shape index (κ2) is 12.0. The fourth-order valence-corrected chi connectivity index (χ4v) is 4.59. The highest BCUT2D eigenvalue weighted by Crippen LogP contribution is 2.32. The predicted octanol–water partition coefficient (Wildman–Crippen LogP) is 6.34. The van der Waals surface area contributed by atoms with Crippen LogP contribution < -0.4 is 10.6 Å². The molecule has 0 aromatic heterocycles. The number of hydrogen-bond acceptors (Lipinski definition) is 4. The van der Waals surface area contributed by atoms with Gasteiger partial charge in [0.2, 0.25) is 0 Å². The Morgan fingerprint density at radius 3 is 1.42 bits per heavy atom. The fraction of sp³-hybridized carbons (Fsp3) is 0.188. The molecule has 0 bridgehead atoms. The number of allylic oxidation sites excluding steroid dienone is 10. The standard InChI is InChI=1S/C32H32N4/c1-5-15-25(16-6-1)31-32(26-17-7-2-8-18-26)36-30-22-12-4-10-20-28(30)34-24-14-13-23-33-27-19-9-3-11-21-29(27)35-31/h1-12,15-22,31-32,35-36H,13-14,23-24H2/t31-,32-/m0/s1. The Morgan fingerprint density at radius 1 is 0.528 bits per heavy atom. The molecule has 2 aliphatic carbocycles. The summed E-state index contributed by atoms with van der Waals surface area (Å²) >= 11 is 0. The van der Waals surface area contributed by atoms with Crippen molar-refractivity contribution in [1.82, 2.24) is 10.6 Å². The molecule has 4 heteroatoms. The van der Waals surface area contributed by atoms with Crippen LogP contribution in [-0.4, -0.2) is 24.5 Å². The number of aliphatic imine (C=N–C) groups is 2. The maximum Gasteiger partial charge on any atom is 0.0805 e. The SMILES string of the molecule is C1=CC=C2N[C@@H](c3ccccc3)[C@H](c3ccccc3)NC3=CC=CC=CC3=NCCCCN=C2C=C1. The molecule has 0 saturated heterocycles. The minimum absolute atomic E-state index is 0.0637. The van der Waals surface area contributed by atoms with Gasteiger partial charge in [0.25, 0.3) is 0 Å². The first-order chi connectivity index (χ1) is 17.9. The monoisotopic (exact) mass is 472 g/mol. The Bertz CT molecular complexity index is 1170. The van der Waals surface area contributed by atoms with Crippen molar-refractivity contribution in [2.75, 3.05) is 13.1 Å². The zero-order valence-corrected chi connectivity index (χ0v) is 20.4. The zero-order valence-electron chi connectivity index (χ0n) is 20.4. The lowest BCUT2D eigenvalue weighted by atomic mass is 9.92. The lowest BCUT2D eigenvalue weighted by Gasteiger charge is -2.33. The molecular weight excluding hydrogens is 440 g/mol. The first-order valence-corrected chi connectivity index (χ1v) is 12.7. The molecule has 1 heterocycles. The summed E-state index contributed by atoms with van der Waals surface area (Å²) in [5.41, 5.74) is 6.40. The van der Waals surface area contributed by atoms with Gasteiger partial charge in [0.05, 0.1) is 34.9 Å². The lowest BCUT2D eigenvalue weighted by Crippen LogP contribution is -2.37. The van der Waals surface area contributed by atoms with Gasteiger partial charge in [-0.2, -0.15) is 0 Å². The Hall–Kier alpha value is -4.18. The van der Waals surface area contributed by atoms with E-state index in [1.54, 1.807) is 0 Å². The summed E-state index contributed by atoms with van der Waals surface area (Å²) in [5, 5.41) is 7.78. The van der Waals surface area contributed by atoms with E-state index in [-0.39, 0.29) is 12.1 Å². The summed E-state index contributed by atoms with van der Waals surface area (Å²) in [6.45, 7) is 1.56. The fourth-order valence-electron chi connectivity index (χ4n) is 4.59. The van der Waals surface area contributed by atoms with Crippen molar-refractivity contribution in [3.8, 4) is 0 Å². The number of fused-ring (bicyclic) bond motifs is 2. The van der Waals surface area contributed by atoms with E-state index in [9.17, 15) is 0 Å². The van der Waals surface area contributed by atoms with Gasteiger partial charge in [-0.3, -0.25) is 9.98 Å². The highest BCUT2D eigenvalue weighted by atomic mass is 15.1. The number of nitrogens with one attached hydrogen (secondary N) is 2. The second-order valence-corrected chi connectivity index (χ2v) is 8.96. The van der Waals surface area contributed by atoms with Crippen LogP contribution in [0.15, 0.2) is 143 Å². The van der Waals surface area contributed by atoms with Crippen molar-refractivity contribution >= 4 is 11.4 Å². The van der Waals surface area contributed by atoms with E-state index in [1.807, 2.05) is 0 Å². The summed E-state index contributed by atoms with van der Waals surface area (Å²) in [4.78, 5) is 9.94. The van der Waals surface area contributed by atoms with Gasteiger partial charge in [-0.05, 0) is 48.3 Å². The third kappa shape index (κ3) is 5.89. The third-order valence-electron chi connectivity index (χ3n) is 6.43. The summed E-state index contributed by atoms with van der Waals surface area (Å²) in [6, 6.07) is 21.2. The Labute approximate surface area is 214 Å². The number of nitrogens with zero attached hydrogens (tertiary/aromatic N) is 2. The van der Waals surface area contributed by atoms with E-state index >= 15 is 0 Å². The van der Waals surface area contributed by atoms with Gasteiger partial charge in [-0.25, -0.2) is 0 Å². The molecule has 0 unspecified atom stereocenters. The molecule has 5 rings (SSSR count). The summed E-state index contributed by atoms with van der Waals surface area (Å²) in [6.07, 6.45) is 22.8. The lowest BCUT2D eigenvalue weighted by molar-refractivity contribution is 0.448. The molecule has 0 spiro atoms. The largest absolute Gasteiger partial charge is 0.374 e. The minimum Gasteiger partial charge on any atom is -0.374 e. The topological polar surface area (TPSA) is 48.8 Å². The van der Waals surface area contributed by atoms with E-state index in [4.69, 9.17) is 9.98 Å². The van der Waals surface area contributed by atoms with Gasteiger partial charge in [0.15, 0.2) is 0 Å². The van der Waals surface area contributed by atoms with Crippen molar-refractivity contribution in [3.05, 3.63) is 144 Å². The first-order valence-electron chi connectivity index (χ1n) is 12.7. The smallest absolute Gasteiger partial charge is 0.0805 e. The third-order valence-corrected chi connectivity index (χ3v) is 6.43. The molecule has 0 saturated carbocycles. The van der Waals surface area contributed by atoms with Crippen molar-refractivity contribution in [2.45, 2.75) is 24.9 Å². The molecular formula is C32H32N4. The van der Waals surface area contributed by atoms with Crippen LogP contribution in [0.3, 0.4) is 0 Å². The molecule has 0 fully saturated rings. The average Bonchev–Trinajstić information content (AvgIpc) is 3.29. The van der Waals surface area contributed by atoms with Crippen LogP contribution in [0.4, 0.5) is 0 Å². The highest BCUT2D eigenvalue weighted by molar-refractivity contribution is 6.09. The molecule has 3 aliphatic rings. The van der Waals surface area contributed by atoms with Crippen LogP contribution in [-0.2, 0) is 0 Å². The minimum atomic E-state index is -0.0637. The highest BCUT2D eigenvalue weighted by Gasteiger charge is 2.28. The average molecular weight is 473 g/mol. The van der Waals surface area contributed by atoms with E-state index in [0.29, 0.717) is 0 Å². The zero-order chi connectivity index (χ0) is 24.4. The van der Waals surface area contributed by atoms with Crippen molar-refractivity contribution < 1.29 is 0 Å². The van der Waals surface area contributed by atoms with E-state index in [0.717, 1.165) is 48.7 Å². The molecule has 1 aliphatic heterocycles. The van der Waals surface area contributed by atoms with E-state index in [1.165, 1.54) is 11.1 Å². The predicted molar refractivity (Wildman–Crippen MR) is 151 cm³/mol. The Balaban J connectivity index is 1.65. The number of rotatable bonds is 2. The summed E-state index contributed by atoms with van der Waals surface area (Å²) < 4.78 is 0. The van der Waals surface area contributed by atoms with Crippen LogP contribution >= 0.6 is 0 Å². The van der Waals surface area contributed by atoms with Crippen molar-refractivity contribution in [2.24, 2.45) is 9.98 Å². The van der Waals surface area contributed by atoms with Crippen LogP contribution in [0, 0.1) is 0 Å². The second-order valence-electron chi connectivity index (χ2n) is 8.96. The first kappa shape index (κ1) is 23.6. The summed E-state index contributed by atoms with van der Waals surface area (Å²) in [7, 11) is 0. The molecule has 4 nitrogen and oxygen atoms in total. The van der Waals surface area contributed by atoms with E-state index in [2.05, 4.69) is 132 Å². The van der Waals surface area contributed by atoms with E-state index < -0.39 is 0 Å². The van der Waals surface area contributed by atoms with Gasteiger partial charge in [0.1, 0.15) is 0 Å². The molecule has 2 atom stereocenters. The van der Waals surface area contributed by atoms with Crippen LogP contribution in [0.2, 0.25) is 0 Å². The molecule has 0 radical (unpaired) electrons. The van der Waals surface area contributed by atoms with Crippen LogP contribution in [0.5, 0.6) is 0 Å². The Morgan fingerprint density at radius 2 is 0.972 bits per heavy atom. The van der Waals surface area contributed by atoms with Crippen LogP contribution in [0.1, 0.15) is 36.1 Å². The Kier molecular flexibility index (Phi) is 7.84. The molecule has 2 aromatic carbocycles. The van der Waals surface area contributed by atoms with Gasteiger partial charge in [-0.15, -0.1) is 0 Å². The quantitative estimate of drug-likeness (QED) is 0.536.